The van der Waals surface area contributed by atoms with Crippen molar-refractivity contribution in [1.29, 1.82) is 0 Å². The number of sulfonamides is 1. The van der Waals surface area contributed by atoms with E-state index in [2.05, 4.69) is 4.72 Å². The fourth-order valence-electron chi connectivity index (χ4n) is 3.15. The molecule has 0 radical (unpaired) electrons. The van der Waals surface area contributed by atoms with Crippen LogP contribution < -0.4 is 10.3 Å². The molecule has 1 N–H and O–H groups in total. The first kappa shape index (κ1) is 17.9. The van der Waals surface area contributed by atoms with E-state index in [1.165, 1.54) is 24.3 Å². The van der Waals surface area contributed by atoms with Crippen molar-refractivity contribution in [1.82, 2.24) is 4.72 Å². The predicted molar refractivity (Wildman–Crippen MR) is 84.6 cm³/mol. The molecule has 0 saturated heterocycles. The van der Waals surface area contributed by atoms with Crippen molar-refractivity contribution in [3.05, 3.63) is 40.8 Å². The average Bonchev–Trinajstić information content (AvgIpc) is 2.53. The topological polar surface area (TPSA) is 76.4 Å². The van der Waals surface area contributed by atoms with Crippen LogP contribution in [0.25, 0.3) is 11.0 Å². The smallest absolute Gasteiger partial charge is 0.393 e. The van der Waals surface area contributed by atoms with Crippen molar-refractivity contribution in [3.63, 3.8) is 0 Å². The number of benzene rings is 1. The lowest BCUT2D eigenvalue weighted by Crippen LogP contribution is -2.47. The Bertz CT molecular complexity index is 936. The first-order valence-corrected chi connectivity index (χ1v) is 9.28. The second-order valence-electron chi connectivity index (χ2n) is 6.11. The number of fused-ring (bicyclic) bond motifs is 1. The van der Waals surface area contributed by atoms with Gasteiger partial charge in [-0.3, -0.25) is 0 Å². The van der Waals surface area contributed by atoms with Crippen molar-refractivity contribution in [2.75, 3.05) is 0 Å². The third kappa shape index (κ3) is 3.87. The van der Waals surface area contributed by atoms with Crippen LogP contribution in [0.15, 0.2) is 44.4 Å². The van der Waals surface area contributed by atoms with Crippen molar-refractivity contribution < 1.29 is 26.0 Å². The molecule has 5 nitrogen and oxygen atoms in total. The highest BCUT2D eigenvalue weighted by Gasteiger charge is 2.46. The molecule has 1 fully saturated rings. The summed E-state index contributed by atoms with van der Waals surface area (Å²) in [6, 6.07) is 5.16. The Hall–Kier alpha value is -1.87. The van der Waals surface area contributed by atoms with E-state index in [0.29, 0.717) is 18.2 Å². The normalized spacial score (nSPS) is 22.2. The second-order valence-corrected chi connectivity index (χ2v) is 7.83. The molecule has 3 rings (SSSR count). The summed E-state index contributed by atoms with van der Waals surface area (Å²) in [5, 5.41) is 0.374. The predicted octanol–water partition coefficient (Wildman–Crippen LogP) is 3.19. The number of alkyl halides is 3. The van der Waals surface area contributed by atoms with Crippen molar-refractivity contribution >= 4 is 21.0 Å². The fraction of sp³-hybridized carbons (Fsp3) is 0.438. The molecule has 136 valence electrons. The standard InChI is InChI=1S/C16H16F3NO4S/c17-16(18,19)12-3-1-2-4-13(12)20-25(22,23)11-6-7-14-10(9-11)5-8-15(21)24-14/h5-9,12-13,20H,1-4H2. The molecular formula is C16H16F3NO4S. The van der Waals surface area contributed by atoms with Gasteiger partial charge in [0.25, 0.3) is 0 Å². The van der Waals surface area contributed by atoms with Crippen LogP contribution in [-0.2, 0) is 10.0 Å². The van der Waals surface area contributed by atoms with Crippen LogP contribution in [0.5, 0.6) is 0 Å². The van der Waals surface area contributed by atoms with E-state index in [1.807, 2.05) is 0 Å². The summed E-state index contributed by atoms with van der Waals surface area (Å²) in [5.74, 6) is -1.69. The van der Waals surface area contributed by atoms with Gasteiger partial charge in [-0.2, -0.15) is 13.2 Å². The van der Waals surface area contributed by atoms with E-state index >= 15 is 0 Å². The van der Waals surface area contributed by atoms with Crippen molar-refractivity contribution in [2.24, 2.45) is 5.92 Å². The molecule has 1 saturated carbocycles. The summed E-state index contributed by atoms with van der Waals surface area (Å²) in [6.45, 7) is 0. The molecule has 2 atom stereocenters. The van der Waals surface area contributed by atoms with E-state index in [9.17, 15) is 26.4 Å². The van der Waals surface area contributed by atoms with Gasteiger partial charge in [-0.1, -0.05) is 12.8 Å². The minimum atomic E-state index is -4.44. The molecular weight excluding hydrogens is 359 g/mol. The summed E-state index contributed by atoms with van der Waals surface area (Å²) in [4.78, 5) is 11.0. The second kappa shape index (κ2) is 6.45. The van der Waals surface area contributed by atoms with Crippen LogP contribution in [0.3, 0.4) is 0 Å². The third-order valence-electron chi connectivity index (χ3n) is 4.39. The van der Waals surface area contributed by atoms with E-state index in [1.54, 1.807) is 0 Å². The molecule has 1 aliphatic carbocycles. The first-order valence-electron chi connectivity index (χ1n) is 7.80. The van der Waals surface area contributed by atoms with Crippen LogP contribution in [0.4, 0.5) is 13.2 Å². The van der Waals surface area contributed by atoms with Crippen LogP contribution in [-0.4, -0.2) is 20.6 Å². The first-order chi connectivity index (χ1) is 11.7. The summed E-state index contributed by atoms with van der Waals surface area (Å²) in [7, 11) is -4.12. The maximum absolute atomic E-state index is 13.1. The van der Waals surface area contributed by atoms with E-state index in [4.69, 9.17) is 4.42 Å². The average molecular weight is 375 g/mol. The Morgan fingerprint density at radius 2 is 1.80 bits per heavy atom. The maximum Gasteiger partial charge on any atom is 0.393 e. The lowest BCUT2D eigenvalue weighted by atomic mass is 9.85. The monoisotopic (exact) mass is 375 g/mol. The molecule has 1 aromatic heterocycles. The Labute approximate surface area is 141 Å². The molecule has 25 heavy (non-hydrogen) atoms. The molecule has 1 heterocycles. The van der Waals surface area contributed by atoms with E-state index in [-0.39, 0.29) is 23.3 Å². The molecule has 0 bridgehead atoms. The molecule has 1 aliphatic rings. The van der Waals surface area contributed by atoms with Gasteiger partial charge in [-0.05, 0) is 37.1 Å². The van der Waals surface area contributed by atoms with Gasteiger partial charge in [0.05, 0.1) is 10.8 Å². The SMILES string of the molecule is O=c1ccc2cc(S(=O)(=O)NC3CCCCC3C(F)(F)F)ccc2o1. The highest BCUT2D eigenvalue weighted by molar-refractivity contribution is 7.89. The third-order valence-corrected chi connectivity index (χ3v) is 5.88. The van der Waals surface area contributed by atoms with Gasteiger partial charge < -0.3 is 4.42 Å². The van der Waals surface area contributed by atoms with Crippen LogP contribution in [0.1, 0.15) is 25.7 Å². The zero-order valence-corrected chi connectivity index (χ0v) is 13.9. The van der Waals surface area contributed by atoms with Crippen LogP contribution >= 0.6 is 0 Å². The largest absolute Gasteiger partial charge is 0.423 e. The lowest BCUT2D eigenvalue weighted by molar-refractivity contribution is -0.187. The Morgan fingerprint density at radius 3 is 2.52 bits per heavy atom. The van der Waals surface area contributed by atoms with Gasteiger partial charge in [-0.25, -0.2) is 17.9 Å². The molecule has 0 aliphatic heterocycles. The molecule has 2 aromatic rings. The number of rotatable bonds is 3. The summed E-state index contributed by atoms with van der Waals surface area (Å²) in [5.41, 5.74) is -0.367. The maximum atomic E-state index is 13.1. The van der Waals surface area contributed by atoms with Crippen LogP contribution in [0.2, 0.25) is 0 Å². The van der Waals surface area contributed by atoms with E-state index < -0.39 is 33.8 Å². The molecule has 1 aromatic carbocycles. The highest BCUT2D eigenvalue weighted by atomic mass is 32.2. The number of nitrogens with one attached hydrogen (secondary N) is 1. The quantitative estimate of drug-likeness (QED) is 0.836. The molecule has 2 unspecified atom stereocenters. The molecule has 0 spiro atoms. The van der Waals surface area contributed by atoms with Gasteiger partial charge in [0.2, 0.25) is 10.0 Å². The van der Waals surface area contributed by atoms with Crippen molar-refractivity contribution in [2.45, 2.75) is 42.8 Å². The number of halogens is 3. The Morgan fingerprint density at radius 1 is 1.08 bits per heavy atom. The highest BCUT2D eigenvalue weighted by Crippen LogP contribution is 2.38. The lowest BCUT2D eigenvalue weighted by Gasteiger charge is -2.33. The number of hydrogen-bond donors (Lipinski definition) is 1. The number of hydrogen-bond acceptors (Lipinski definition) is 4. The van der Waals surface area contributed by atoms with Gasteiger partial charge in [0.1, 0.15) is 5.58 Å². The minimum Gasteiger partial charge on any atom is -0.423 e. The zero-order valence-electron chi connectivity index (χ0n) is 13.0. The fourth-order valence-corrected chi connectivity index (χ4v) is 4.49. The molecule has 9 heteroatoms. The van der Waals surface area contributed by atoms with Crippen molar-refractivity contribution in [3.8, 4) is 0 Å². The van der Waals surface area contributed by atoms with Gasteiger partial charge in [0, 0.05) is 17.5 Å². The minimum absolute atomic E-state index is 0.0838. The van der Waals surface area contributed by atoms with Gasteiger partial charge in [-0.15, -0.1) is 0 Å². The Balaban J connectivity index is 1.90. The Kier molecular flexibility index (Phi) is 4.63. The van der Waals surface area contributed by atoms with E-state index in [0.717, 1.165) is 6.07 Å². The zero-order chi connectivity index (χ0) is 18.2. The summed E-state index contributed by atoms with van der Waals surface area (Å²) < 4.78 is 71.6. The molecule has 0 amide bonds. The van der Waals surface area contributed by atoms with Gasteiger partial charge >= 0.3 is 11.8 Å². The van der Waals surface area contributed by atoms with Crippen LogP contribution in [0, 0.1) is 5.92 Å². The summed E-state index contributed by atoms with van der Waals surface area (Å²) >= 11 is 0. The summed E-state index contributed by atoms with van der Waals surface area (Å²) in [6.07, 6.45) is -3.41. The van der Waals surface area contributed by atoms with Gasteiger partial charge in [0.15, 0.2) is 0 Å².